The molecular formula is C11H12ClNO3S. The van der Waals surface area contributed by atoms with Crippen molar-refractivity contribution in [2.75, 3.05) is 12.9 Å². The van der Waals surface area contributed by atoms with Crippen molar-refractivity contribution in [2.45, 2.75) is 11.4 Å². The van der Waals surface area contributed by atoms with Gasteiger partial charge in [0.05, 0.1) is 12.5 Å². The molecule has 1 aromatic rings. The fourth-order valence-electron chi connectivity index (χ4n) is 1.73. The third-order valence-corrected chi connectivity index (χ3v) is 4.14. The molecule has 1 unspecified atom stereocenters. The molecule has 6 heteroatoms. The number of hydrogen-bond acceptors (Lipinski definition) is 4. The Labute approximate surface area is 108 Å². The summed E-state index contributed by atoms with van der Waals surface area (Å²) in [4.78, 5) is 10.9. The molecule has 2 atom stereocenters. The number of benzene rings is 1. The normalized spacial score (nSPS) is 23.6. The van der Waals surface area contributed by atoms with Gasteiger partial charge in [0.25, 0.3) is 0 Å². The van der Waals surface area contributed by atoms with E-state index in [-0.39, 0.29) is 5.37 Å². The van der Waals surface area contributed by atoms with Crippen molar-refractivity contribution in [2.24, 2.45) is 0 Å². The number of thioether (sulfide) groups is 1. The van der Waals surface area contributed by atoms with Crippen LogP contribution in [0.4, 0.5) is 0 Å². The van der Waals surface area contributed by atoms with Gasteiger partial charge in [0.15, 0.2) is 0 Å². The van der Waals surface area contributed by atoms with Crippen LogP contribution in [0.25, 0.3) is 0 Å². The zero-order valence-corrected chi connectivity index (χ0v) is 10.7. The predicted molar refractivity (Wildman–Crippen MR) is 67.8 cm³/mol. The number of rotatable bonds is 3. The van der Waals surface area contributed by atoms with Gasteiger partial charge < -0.3 is 9.84 Å². The molecule has 1 fully saturated rings. The minimum Gasteiger partial charge on any atom is -0.496 e. The standard InChI is InChI=1S/C11H12ClNO3S/c1-16-8-4-2-3-6(12)9(8)10-13-7(5-17-10)11(14)15/h2-4,7,10,13H,5H2,1H3,(H,14,15)/t7-,10?/m0/s1. The summed E-state index contributed by atoms with van der Waals surface area (Å²) < 4.78 is 5.25. The van der Waals surface area contributed by atoms with Crippen LogP contribution in [-0.2, 0) is 4.79 Å². The van der Waals surface area contributed by atoms with Gasteiger partial charge in [-0.1, -0.05) is 17.7 Å². The van der Waals surface area contributed by atoms with Crippen molar-refractivity contribution in [3.8, 4) is 5.75 Å². The lowest BCUT2D eigenvalue weighted by Crippen LogP contribution is -2.33. The Morgan fingerprint density at radius 2 is 2.41 bits per heavy atom. The number of halogens is 1. The molecule has 0 spiro atoms. The van der Waals surface area contributed by atoms with E-state index in [1.165, 1.54) is 11.8 Å². The van der Waals surface area contributed by atoms with Gasteiger partial charge in [0.2, 0.25) is 0 Å². The van der Waals surface area contributed by atoms with E-state index < -0.39 is 12.0 Å². The van der Waals surface area contributed by atoms with E-state index in [4.69, 9.17) is 21.4 Å². The second-order valence-electron chi connectivity index (χ2n) is 3.63. The van der Waals surface area contributed by atoms with Crippen LogP contribution in [0.1, 0.15) is 10.9 Å². The number of nitrogens with one attached hydrogen (secondary N) is 1. The summed E-state index contributed by atoms with van der Waals surface area (Å²) >= 11 is 7.65. The molecule has 92 valence electrons. The fraction of sp³-hybridized carbons (Fsp3) is 0.364. The predicted octanol–water partition coefficient (Wildman–Crippen LogP) is 2.14. The van der Waals surface area contributed by atoms with Crippen LogP contribution in [0, 0.1) is 0 Å². The lowest BCUT2D eigenvalue weighted by molar-refractivity contribution is -0.138. The second kappa shape index (κ2) is 5.16. The molecule has 1 heterocycles. The van der Waals surface area contributed by atoms with Crippen LogP contribution in [0.3, 0.4) is 0 Å². The zero-order valence-electron chi connectivity index (χ0n) is 9.14. The quantitative estimate of drug-likeness (QED) is 0.884. The Bertz CT molecular complexity index is 441. The van der Waals surface area contributed by atoms with Crippen molar-refractivity contribution in [1.29, 1.82) is 0 Å². The summed E-state index contributed by atoms with van der Waals surface area (Å²) in [7, 11) is 1.57. The van der Waals surface area contributed by atoms with Crippen LogP contribution >= 0.6 is 23.4 Å². The summed E-state index contributed by atoms with van der Waals surface area (Å²) in [5, 5.41) is 12.4. The molecule has 1 aromatic carbocycles. The molecule has 0 bridgehead atoms. The van der Waals surface area contributed by atoms with E-state index in [0.717, 1.165) is 5.56 Å². The molecule has 1 aliphatic rings. The van der Waals surface area contributed by atoms with Crippen molar-refractivity contribution in [3.63, 3.8) is 0 Å². The topological polar surface area (TPSA) is 58.6 Å². The Hall–Kier alpha value is -0.910. The van der Waals surface area contributed by atoms with Gasteiger partial charge in [0.1, 0.15) is 11.8 Å². The third-order valence-electron chi connectivity index (χ3n) is 2.58. The third kappa shape index (κ3) is 2.51. The highest BCUT2D eigenvalue weighted by Crippen LogP contribution is 2.41. The molecule has 0 aliphatic carbocycles. The number of aliphatic carboxylic acids is 1. The first-order valence-corrected chi connectivity index (χ1v) is 6.49. The summed E-state index contributed by atoms with van der Waals surface area (Å²) in [6, 6.07) is 4.86. The van der Waals surface area contributed by atoms with Gasteiger partial charge in [-0.2, -0.15) is 0 Å². The van der Waals surface area contributed by atoms with Crippen molar-refractivity contribution >= 4 is 29.3 Å². The molecule has 1 aliphatic heterocycles. The zero-order chi connectivity index (χ0) is 12.4. The molecule has 0 amide bonds. The lowest BCUT2D eigenvalue weighted by atomic mass is 10.2. The monoisotopic (exact) mass is 273 g/mol. The van der Waals surface area contributed by atoms with Gasteiger partial charge in [-0.15, -0.1) is 11.8 Å². The lowest BCUT2D eigenvalue weighted by Gasteiger charge is -2.16. The molecule has 0 saturated carbocycles. The van der Waals surface area contributed by atoms with E-state index >= 15 is 0 Å². The van der Waals surface area contributed by atoms with E-state index in [9.17, 15) is 4.79 Å². The van der Waals surface area contributed by atoms with Gasteiger partial charge in [-0.25, -0.2) is 0 Å². The van der Waals surface area contributed by atoms with Gasteiger partial charge in [-0.05, 0) is 12.1 Å². The largest absolute Gasteiger partial charge is 0.496 e. The van der Waals surface area contributed by atoms with Crippen molar-refractivity contribution < 1.29 is 14.6 Å². The summed E-state index contributed by atoms with van der Waals surface area (Å²) in [6.07, 6.45) is 0. The summed E-state index contributed by atoms with van der Waals surface area (Å²) in [5.41, 5.74) is 0.811. The summed E-state index contributed by atoms with van der Waals surface area (Å²) in [5.74, 6) is 0.355. The number of carboxylic acids is 1. The van der Waals surface area contributed by atoms with Gasteiger partial charge >= 0.3 is 5.97 Å². The maximum absolute atomic E-state index is 10.9. The number of hydrogen-bond donors (Lipinski definition) is 2. The SMILES string of the molecule is COc1cccc(Cl)c1C1N[C@H](C(=O)O)CS1. The smallest absolute Gasteiger partial charge is 0.321 e. The molecule has 2 N–H and O–H groups in total. The van der Waals surface area contributed by atoms with Gasteiger partial charge in [-0.3, -0.25) is 10.1 Å². The highest BCUT2D eigenvalue weighted by molar-refractivity contribution is 7.99. The highest BCUT2D eigenvalue weighted by Gasteiger charge is 2.32. The average molecular weight is 274 g/mol. The van der Waals surface area contributed by atoms with Crippen molar-refractivity contribution in [1.82, 2.24) is 5.32 Å². The number of ether oxygens (including phenoxy) is 1. The first kappa shape index (κ1) is 12.5. The Morgan fingerprint density at radius 1 is 1.65 bits per heavy atom. The van der Waals surface area contributed by atoms with Crippen LogP contribution in [0.2, 0.25) is 5.02 Å². The molecule has 0 radical (unpaired) electrons. The first-order valence-electron chi connectivity index (χ1n) is 5.06. The van der Waals surface area contributed by atoms with Gasteiger partial charge in [0, 0.05) is 16.3 Å². The van der Waals surface area contributed by atoms with Crippen molar-refractivity contribution in [3.05, 3.63) is 28.8 Å². The Balaban J connectivity index is 2.26. The average Bonchev–Trinajstić information content (AvgIpc) is 2.77. The molecule has 17 heavy (non-hydrogen) atoms. The molecule has 2 rings (SSSR count). The van der Waals surface area contributed by atoms with Crippen LogP contribution < -0.4 is 10.1 Å². The Morgan fingerprint density at radius 3 is 3.00 bits per heavy atom. The van der Waals surface area contributed by atoms with Crippen LogP contribution in [-0.4, -0.2) is 30.0 Å². The second-order valence-corrected chi connectivity index (χ2v) is 5.17. The molecule has 4 nitrogen and oxygen atoms in total. The maximum Gasteiger partial charge on any atom is 0.321 e. The minimum absolute atomic E-state index is 0.139. The maximum atomic E-state index is 10.9. The number of methoxy groups -OCH3 is 1. The van der Waals surface area contributed by atoms with E-state index in [0.29, 0.717) is 16.5 Å². The molecule has 0 aromatic heterocycles. The minimum atomic E-state index is -0.842. The van der Waals surface area contributed by atoms with Crippen LogP contribution in [0.5, 0.6) is 5.75 Å². The van der Waals surface area contributed by atoms with Crippen LogP contribution in [0.15, 0.2) is 18.2 Å². The first-order chi connectivity index (χ1) is 8.13. The Kier molecular flexibility index (Phi) is 3.81. The van der Waals surface area contributed by atoms with E-state index in [1.807, 2.05) is 6.07 Å². The van der Waals surface area contributed by atoms with E-state index in [2.05, 4.69) is 5.32 Å². The van der Waals surface area contributed by atoms with E-state index in [1.54, 1.807) is 19.2 Å². The number of carboxylic acid groups (broad SMARTS) is 1. The molecular weight excluding hydrogens is 262 g/mol. The summed E-state index contributed by atoms with van der Waals surface area (Å²) in [6.45, 7) is 0. The number of carbonyl (C=O) groups is 1. The molecule has 1 saturated heterocycles. The fourth-order valence-corrected chi connectivity index (χ4v) is 3.36. The highest BCUT2D eigenvalue weighted by atomic mass is 35.5.